The van der Waals surface area contributed by atoms with Gasteiger partial charge in [0.05, 0.1) is 5.92 Å². The molecule has 0 bridgehead atoms. The van der Waals surface area contributed by atoms with Crippen molar-refractivity contribution in [3.8, 4) is 0 Å². The number of ether oxygens (including phenoxy) is 1. The highest BCUT2D eigenvalue weighted by atomic mass is 16.5. The first kappa shape index (κ1) is 6.13. The summed E-state index contributed by atoms with van der Waals surface area (Å²) in [7, 11) is 0. The molecule has 1 aliphatic rings. The molecule has 1 fully saturated rings. The average molecular weight is 127 g/mol. The summed E-state index contributed by atoms with van der Waals surface area (Å²) in [4.78, 5) is 10.6. The third-order valence-corrected chi connectivity index (χ3v) is 1.17. The molecule has 0 aromatic rings. The molecule has 2 N–H and O–H groups in total. The molecule has 3 heteroatoms. The van der Waals surface area contributed by atoms with Crippen molar-refractivity contribution in [3.63, 3.8) is 0 Å². The molecule has 9 heavy (non-hydrogen) atoms. The number of nitrogens with two attached hydrogens (primary N) is 1. The van der Waals surface area contributed by atoms with E-state index in [-0.39, 0.29) is 11.9 Å². The molecule has 0 aromatic heterocycles. The van der Waals surface area contributed by atoms with E-state index in [1.807, 2.05) is 0 Å². The first-order chi connectivity index (χ1) is 4.34. The Hall–Kier alpha value is -0.990. The third-order valence-electron chi connectivity index (χ3n) is 1.17. The zero-order valence-corrected chi connectivity index (χ0v) is 5.04. The van der Waals surface area contributed by atoms with Crippen LogP contribution in [0.4, 0.5) is 0 Å². The van der Waals surface area contributed by atoms with Crippen LogP contribution >= 0.6 is 0 Å². The van der Waals surface area contributed by atoms with E-state index in [1.165, 1.54) is 12.5 Å². The average Bonchev–Trinajstić information content (AvgIpc) is 2.63. The van der Waals surface area contributed by atoms with Crippen LogP contribution in [0.3, 0.4) is 0 Å². The van der Waals surface area contributed by atoms with Crippen LogP contribution in [0.1, 0.15) is 12.8 Å². The topological polar surface area (TPSA) is 52.3 Å². The van der Waals surface area contributed by atoms with Crippen molar-refractivity contribution in [3.05, 3.63) is 12.5 Å². The van der Waals surface area contributed by atoms with Gasteiger partial charge in [0.2, 0.25) is 0 Å². The molecule has 1 aliphatic carbocycles. The van der Waals surface area contributed by atoms with Crippen LogP contribution < -0.4 is 5.73 Å². The van der Waals surface area contributed by atoms with Gasteiger partial charge in [-0.3, -0.25) is 4.79 Å². The van der Waals surface area contributed by atoms with Gasteiger partial charge in [0.15, 0.2) is 0 Å². The minimum Gasteiger partial charge on any atom is -0.433 e. The summed E-state index contributed by atoms with van der Waals surface area (Å²) in [6, 6.07) is 0. The molecular formula is C6H9NO2. The molecule has 0 aromatic carbocycles. The van der Waals surface area contributed by atoms with E-state index in [9.17, 15) is 4.79 Å². The fourth-order valence-corrected chi connectivity index (χ4v) is 0.522. The van der Waals surface area contributed by atoms with Crippen LogP contribution in [0, 0.1) is 5.92 Å². The fourth-order valence-electron chi connectivity index (χ4n) is 0.522. The second-order valence-corrected chi connectivity index (χ2v) is 2.04. The Kier molecular flexibility index (Phi) is 1.72. The van der Waals surface area contributed by atoms with Crippen LogP contribution in [0.15, 0.2) is 12.5 Å². The van der Waals surface area contributed by atoms with Crippen LogP contribution in [0.25, 0.3) is 0 Å². The van der Waals surface area contributed by atoms with Gasteiger partial charge in [-0.15, -0.1) is 0 Å². The molecule has 0 heterocycles. The minimum atomic E-state index is -0.156. The molecule has 0 saturated heterocycles. The fraction of sp³-hybridized carbons (Fsp3) is 0.500. The van der Waals surface area contributed by atoms with Crippen LogP contribution in [-0.4, -0.2) is 5.97 Å². The number of carbonyl (C=O) groups is 1. The van der Waals surface area contributed by atoms with E-state index in [0.717, 1.165) is 12.8 Å². The van der Waals surface area contributed by atoms with E-state index in [1.54, 1.807) is 0 Å². The van der Waals surface area contributed by atoms with E-state index in [0.29, 0.717) is 0 Å². The summed E-state index contributed by atoms with van der Waals surface area (Å²) in [5, 5.41) is 0. The summed E-state index contributed by atoms with van der Waals surface area (Å²) in [6.07, 6.45) is 4.36. The number of hydrogen-bond acceptors (Lipinski definition) is 3. The van der Waals surface area contributed by atoms with Crippen LogP contribution in [0.5, 0.6) is 0 Å². The quantitative estimate of drug-likeness (QED) is 0.430. The van der Waals surface area contributed by atoms with Gasteiger partial charge in [0, 0.05) is 6.20 Å². The number of hydrogen-bond donors (Lipinski definition) is 1. The maximum absolute atomic E-state index is 10.6. The Labute approximate surface area is 53.5 Å². The molecule has 1 saturated carbocycles. The summed E-state index contributed by atoms with van der Waals surface area (Å²) >= 11 is 0. The van der Waals surface area contributed by atoms with Gasteiger partial charge < -0.3 is 10.5 Å². The van der Waals surface area contributed by atoms with E-state index in [2.05, 4.69) is 4.74 Å². The molecular weight excluding hydrogens is 118 g/mol. The smallest absolute Gasteiger partial charge is 0.313 e. The Morgan fingerprint density at radius 2 is 2.33 bits per heavy atom. The normalized spacial score (nSPS) is 18.2. The van der Waals surface area contributed by atoms with Crippen molar-refractivity contribution in [2.45, 2.75) is 12.8 Å². The largest absolute Gasteiger partial charge is 0.433 e. The van der Waals surface area contributed by atoms with Crippen molar-refractivity contribution in [2.24, 2.45) is 11.7 Å². The molecule has 0 spiro atoms. The van der Waals surface area contributed by atoms with E-state index in [4.69, 9.17) is 5.73 Å². The van der Waals surface area contributed by atoms with Crippen molar-refractivity contribution in [1.29, 1.82) is 0 Å². The molecule has 0 unspecified atom stereocenters. The Balaban J connectivity index is 2.18. The van der Waals surface area contributed by atoms with Gasteiger partial charge in [0.1, 0.15) is 6.26 Å². The molecule has 0 atom stereocenters. The van der Waals surface area contributed by atoms with Gasteiger partial charge in [0.25, 0.3) is 0 Å². The predicted octanol–water partition coefficient (Wildman–Crippen LogP) is 0.369. The van der Waals surface area contributed by atoms with Crippen molar-refractivity contribution in [2.75, 3.05) is 0 Å². The lowest BCUT2D eigenvalue weighted by Crippen LogP contribution is -2.01. The number of carbonyl (C=O) groups excluding carboxylic acids is 1. The monoisotopic (exact) mass is 127 g/mol. The highest BCUT2D eigenvalue weighted by Crippen LogP contribution is 2.29. The maximum Gasteiger partial charge on any atom is 0.313 e. The zero-order valence-electron chi connectivity index (χ0n) is 5.04. The molecule has 50 valence electrons. The Bertz CT molecular complexity index is 138. The second kappa shape index (κ2) is 2.53. The van der Waals surface area contributed by atoms with E-state index >= 15 is 0 Å². The highest BCUT2D eigenvalue weighted by molar-refractivity contribution is 5.75. The summed E-state index contributed by atoms with van der Waals surface area (Å²) in [5.41, 5.74) is 4.94. The Morgan fingerprint density at radius 3 is 2.78 bits per heavy atom. The lowest BCUT2D eigenvalue weighted by molar-refractivity contribution is -0.139. The van der Waals surface area contributed by atoms with Crippen molar-refractivity contribution < 1.29 is 9.53 Å². The zero-order chi connectivity index (χ0) is 6.69. The molecule has 0 aliphatic heterocycles. The summed E-state index contributed by atoms with van der Waals surface area (Å²) in [5.74, 6) is -0.00194. The lowest BCUT2D eigenvalue weighted by atomic mass is 10.4. The second-order valence-electron chi connectivity index (χ2n) is 2.04. The molecule has 0 radical (unpaired) electrons. The number of rotatable bonds is 2. The lowest BCUT2D eigenvalue weighted by Gasteiger charge is -1.91. The standard InChI is InChI=1S/C6H9NO2/c7-3-4-9-6(8)5-1-2-5/h3-5H,1-2,7H2. The molecule has 3 nitrogen and oxygen atoms in total. The van der Waals surface area contributed by atoms with Gasteiger partial charge >= 0.3 is 5.97 Å². The van der Waals surface area contributed by atoms with Crippen molar-refractivity contribution >= 4 is 5.97 Å². The third kappa shape index (κ3) is 1.76. The van der Waals surface area contributed by atoms with Crippen LogP contribution in [0.2, 0.25) is 0 Å². The highest BCUT2D eigenvalue weighted by Gasteiger charge is 2.30. The maximum atomic E-state index is 10.6. The van der Waals surface area contributed by atoms with Gasteiger partial charge in [-0.25, -0.2) is 0 Å². The van der Waals surface area contributed by atoms with Crippen LogP contribution in [-0.2, 0) is 9.53 Å². The number of esters is 1. The SMILES string of the molecule is NC=COC(=O)C1CC1. The first-order valence-electron chi connectivity index (χ1n) is 2.92. The molecule has 1 rings (SSSR count). The summed E-state index contributed by atoms with van der Waals surface area (Å²) < 4.78 is 4.57. The van der Waals surface area contributed by atoms with E-state index < -0.39 is 0 Å². The Morgan fingerprint density at radius 1 is 1.67 bits per heavy atom. The molecule has 0 amide bonds. The summed E-state index contributed by atoms with van der Waals surface area (Å²) in [6.45, 7) is 0. The predicted molar refractivity (Wildman–Crippen MR) is 32.1 cm³/mol. The van der Waals surface area contributed by atoms with Gasteiger partial charge in [-0.05, 0) is 12.8 Å². The van der Waals surface area contributed by atoms with Gasteiger partial charge in [-0.2, -0.15) is 0 Å². The first-order valence-corrected chi connectivity index (χ1v) is 2.92. The van der Waals surface area contributed by atoms with Gasteiger partial charge in [-0.1, -0.05) is 0 Å². The van der Waals surface area contributed by atoms with Crippen molar-refractivity contribution in [1.82, 2.24) is 0 Å². The minimum absolute atomic E-state index is 0.154.